The van der Waals surface area contributed by atoms with Crippen LogP contribution >= 0.6 is 0 Å². The van der Waals surface area contributed by atoms with Gasteiger partial charge in [0, 0.05) is 5.69 Å². The molecule has 5 nitrogen and oxygen atoms in total. The SMILES string of the molecule is COc1cc2ccccc2cc1C(=O)OCC(=O)Nc1ccc(C)c(C)c1. The Balaban J connectivity index is 1.69. The molecule has 0 aliphatic carbocycles. The number of benzene rings is 3. The van der Waals surface area contributed by atoms with Crippen LogP contribution < -0.4 is 10.1 Å². The maximum absolute atomic E-state index is 12.4. The molecular weight excluding hydrogens is 342 g/mol. The molecule has 0 aliphatic rings. The number of esters is 1. The highest BCUT2D eigenvalue weighted by Crippen LogP contribution is 2.26. The minimum absolute atomic E-state index is 0.287. The second-order valence-electron chi connectivity index (χ2n) is 6.32. The predicted molar refractivity (Wildman–Crippen MR) is 105 cm³/mol. The first-order valence-corrected chi connectivity index (χ1v) is 8.59. The number of anilines is 1. The molecule has 27 heavy (non-hydrogen) atoms. The van der Waals surface area contributed by atoms with Crippen molar-refractivity contribution in [3.63, 3.8) is 0 Å². The number of hydrogen-bond donors (Lipinski definition) is 1. The summed E-state index contributed by atoms with van der Waals surface area (Å²) in [5.74, 6) is -0.590. The van der Waals surface area contributed by atoms with E-state index in [1.807, 2.05) is 56.3 Å². The van der Waals surface area contributed by atoms with Crippen LogP contribution in [0.4, 0.5) is 5.69 Å². The topological polar surface area (TPSA) is 64.6 Å². The Bertz CT molecular complexity index is 1010. The summed E-state index contributed by atoms with van der Waals surface area (Å²) in [5, 5.41) is 4.58. The summed E-state index contributed by atoms with van der Waals surface area (Å²) in [7, 11) is 1.49. The highest BCUT2D eigenvalue weighted by Gasteiger charge is 2.16. The van der Waals surface area contributed by atoms with E-state index in [2.05, 4.69) is 5.32 Å². The number of ether oxygens (including phenoxy) is 2. The van der Waals surface area contributed by atoms with E-state index < -0.39 is 11.9 Å². The van der Waals surface area contributed by atoms with Crippen LogP contribution in [0.25, 0.3) is 10.8 Å². The molecule has 0 unspecified atom stereocenters. The summed E-state index contributed by atoms with van der Waals surface area (Å²) in [4.78, 5) is 24.5. The van der Waals surface area contributed by atoms with Crippen LogP contribution in [-0.4, -0.2) is 25.6 Å². The van der Waals surface area contributed by atoms with Gasteiger partial charge < -0.3 is 14.8 Å². The monoisotopic (exact) mass is 363 g/mol. The highest BCUT2D eigenvalue weighted by molar-refractivity contribution is 6.00. The van der Waals surface area contributed by atoms with Gasteiger partial charge >= 0.3 is 5.97 Å². The number of rotatable bonds is 5. The second-order valence-corrected chi connectivity index (χ2v) is 6.32. The van der Waals surface area contributed by atoms with Gasteiger partial charge in [0.25, 0.3) is 5.91 Å². The fraction of sp³-hybridized carbons (Fsp3) is 0.182. The number of amides is 1. The zero-order valence-electron chi connectivity index (χ0n) is 15.5. The molecule has 3 aromatic carbocycles. The van der Waals surface area contributed by atoms with Crippen molar-refractivity contribution in [3.8, 4) is 5.75 Å². The van der Waals surface area contributed by atoms with E-state index in [0.717, 1.165) is 21.9 Å². The number of nitrogens with one attached hydrogen (secondary N) is 1. The Kier molecular flexibility index (Phi) is 5.41. The van der Waals surface area contributed by atoms with E-state index in [1.165, 1.54) is 7.11 Å². The van der Waals surface area contributed by atoms with Gasteiger partial charge in [0.15, 0.2) is 6.61 Å². The fourth-order valence-electron chi connectivity index (χ4n) is 2.77. The summed E-state index contributed by atoms with van der Waals surface area (Å²) in [6.07, 6.45) is 0. The van der Waals surface area contributed by atoms with Gasteiger partial charge in [-0.25, -0.2) is 4.79 Å². The van der Waals surface area contributed by atoms with Crippen LogP contribution in [0, 0.1) is 13.8 Å². The van der Waals surface area contributed by atoms with Crippen LogP contribution in [0.2, 0.25) is 0 Å². The van der Waals surface area contributed by atoms with Crippen molar-refractivity contribution in [3.05, 3.63) is 71.3 Å². The zero-order valence-corrected chi connectivity index (χ0v) is 15.5. The third kappa shape index (κ3) is 4.26. The standard InChI is InChI=1S/C22H21NO4/c1-14-8-9-18(10-15(14)2)23-21(24)13-27-22(25)19-11-16-6-4-5-7-17(16)12-20(19)26-3/h4-12H,13H2,1-3H3,(H,23,24). The molecule has 0 spiro atoms. The molecule has 3 rings (SSSR count). The van der Waals surface area contributed by atoms with Gasteiger partial charge in [-0.1, -0.05) is 30.3 Å². The maximum atomic E-state index is 12.4. The van der Waals surface area contributed by atoms with Gasteiger partial charge in [0.05, 0.1) is 7.11 Å². The molecule has 0 atom stereocenters. The molecule has 0 radical (unpaired) electrons. The normalized spacial score (nSPS) is 10.5. The number of aryl methyl sites for hydroxylation is 2. The van der Waals surface area contributed by atoms with Gasteiger partial charge in [0.2, 0.25) is 0 Å². The molecule has 0 aromatic heterocycles. The number of carbonyl (C=O) groups is 2. The molecule has 0 bridgehead atoms. The first kappa shape index (κ1) is 18.5. The Morgan fingerprint density at radius 2 is 1.63 bits per heavy atom. The Labute approximate surface area is 157 Å². The molecule has 1 N–H and O–H groups in total. The number of methoxy groups -OCH3 is 1. The lowest BCUT2D eigenvalue weighted by atomic mass is 10.1. The Morgan fingerprint density at radius 3 is 2.30 bits per heavy atom. The average Bonchev–Trinajstić information content (AvgIpc) is 2.67. The third-order valence-corrected chi connectivity index (χ3v) is 4.41. The van der Waals surface area contributed by atoms with E-state index >= 15 is 0 Å². The third-order valence-electron chi connectivity index (χ3n) is 4.41. The molecular formula is C22H21NO4. The van der Waals surface area contributed by atoms with Gasteiger partial charge in [-0.3, -0.25) is 4.79 Å². The lowest BCUT2D eigenvalue weighted by Crippen LogP contribution is -2.21. The van der Waals surface area contributed by atoms with Gasteiger partial charge in [0.1, 0.15) is 11.3 Å². The molecule has 1 amide bonds. The van der Waals surface area contributed by atoms with Crippen LogP contribution in [0.1, 0.15) is 21.5 Å². The number of hydrogen-bond acceptors (Lipinski definition) is 4. The summed E-state index contributed by atoms with van der Waals surface area (Å²) in [5.41, 5.74) is 3.17. The van der Waals surface area contributed by atoms with Crippen LogP contribution in [-0.2, 0) is 9.53 Å². The molecule has 5 heteroatoms. The molecule has 0 saturated heterocycles. The predicted octanol–water partition coefficient (Wildman–Crippen LogP) is 4.26. The second kappa shape index (κ2) is 7.91. The minimum atomic E-state index is -0.604. The van der Waals surface area contributed by atoms with E-state index in [-0.39, 0.29) is 12.2 Å². The molecule has 0 fully saturated rings. The first-order valence-electron chi connectivity index (χ1n) is 8.59. The quantitative estimate of drug-likeness (QED) is 0.688. The number of carbonyl (C=O) groups excluding carboxylic acids is 2. The van der Waals surface area contributed by atoms with Crippen molar-refractivity contribution in [2.75, 3.05) is 19.0 Å². The van der Waals surface area contributed by atoms with Crippen molar-refractivity contribution >= 4 is 28.3 Å². The Morgan fingerprint density at radius 1 is 0.926 bits per heavy atom. The molecule has 0 aliphatic heterocycles. The molecule has 0 heterocycles. The zero-order chi connectivity index (χ0) is 19.4. The summed E-state index contributed by atoms with van der Waals surface area (Å²) >= 11 is 0. The van der Waals surface area contributed by atoms with Crippen LogP contribution in [0.15, 0.2) is 54.6 Å². The molecule has 0 saturated carbocycles. The minimum Gasteiger partial charge on any atom is -0.496 e. The first-order chi connectivity index (χ1) is 13.0. The summed E-state index contributed by atoms with van der Waals surface area (Å²) in [6, 6.07) is 16.7. The van der Waals surface area contributed by atoms with Crippen molar-refractivity contribution < 1.29 is 19.1 Å². The van der Waals surface area contributed by atoms with Gasteiger partial charge in [-0.05, 0) is 60.0 Å². The highest BCUT2D eigenvalue weighted by atomic mass is 16.5. The average molecular weight is 363 g/mol. The van der Waals surface area contributed by atoms with E-state index in [9.17, 15) is 9.59 Å². The Hall–Kier alpha value is -3.34. The largest absolute Gasteiger partial charge is 0.496 e. The summed E-state index contributed by atoms with van der Waals surface area (Å²) < 4.78 is 10.5. The fourth-order valence-corrected chi connectivity index (χ4v) is 2.77. The van der Waals surface area contributed by atoms with Gasteiger partial charge in [-0.2, -0.15) is 0 Å². The van der Waals surface area contributed by atoms with Gasteiger partial charge in [-0.15, -0.1) is 0 Å². The lowest BCUT2D eigenvalue weighted by Gasteiger charge is -2.11. The van der Waals surface area contributed by atoms with E-state index in [4.69, 9.17) is 9.47 Å². The van der Waals surface area contributed by atoms with Crippen molar-refractivity contribution in [1.29, 1.82) is 0 Å². The summed E-state index contributed by atoms with van der Waals surface area (Å²) in [6.45, 7) is 3.60. The molecule has 138 valence electrons. The van der Waals surface area contributed by atoms with Crippen molar-refractivity contribution in [1.82, 2.24) is 0 Å². The molecule has 3 aromatic rings. The van der Waals surface area contributed by atoms with E-state index in [0.29, 0.717) is 11.4 Å². The lowest BCUT2D eigenvalue weighted by molar-refractivity contribution is -0.119. The van der Waals surface area contributed by atoms with Crippen molar-refractivity contribution in [2.45, 2.75) is 13.8 Å². The maximum Gasteiger partial charge on any atom is 0.342 e. The van der Waals surface area contributed by atoms with Crippen LogP contribution in [0.5, 0.6) is 5.75 Å². The van der Waals surface area contributed by atoms with Crippen LogP contribution in [0.3, 0.4) is 0 Å². The van der Waals surface area contributed by atoms with E-state index in [1.54, 1.807) is 12.1 Å². The number of fused-ring (bicyclic) bond motifs is 1. The van der Waals surface area contributed by atoms with Crippen molar-refractivity contribution in [2.24, 2.45) is 0 Å². The smallest absolute Gasteiger partial charge is 0.342 e.